The van der Waals surface area contributed by atoms with Crippen molar-refractivity contribution in [2.24, 2.45) is 0 Å². The number of carbonyl (C=O) groups is 2. The maximum atomic E-state index is 12.5. The fourth-order valence-corrected chi connectivity index (χ4v) is 3.92. The molecule has 1 N–H and O–H groups in total. The first-order valence-corrected chi connectivity index (χ1v) is 9.84. The molecule has 1 aliphatic rings. The molecular weight excluding hydrogens is 360 g/mol. The molecule has 1 aliphatic heterocycles. The maximum Gasteiger partial charge on any atom is 0.290 e. The van der Waals surface area contributed by atoms with Gasteiger partial charge in [-0.3, -0.25) is 9.59 Å². The lowest BCUT2D eigenvalue weighted by molar-refractivity contribution is -0.140. The lowest BCUT2D eigenvalue weighted by Crippen LogP contribution is -2.52. The van der Waals surface area contributed by atoms with Gasteiger partial charge in [0, 0.05) is 19.5 Å². The summed E-state index contributed by atoms with van der Waals surface area (Å²) in [7, 11) is 0.459. The second kappa shape index (κ2) is 10.9. The molecule has 1 atom stereocenters. The van der Waals surface area contributed by atoms with Crippen LogP contribution in [0.15, 0.2) is 35.2 Å². The zero-order valence-corrected chi connectivity index (χ0v) is 15.9. The average Bonchev–Trinajstić information content (AvgIpc) is 2.61. The highest BCUT2D eigenvalue weighted by Crippen LogP contribution is 2.14. The summed E-state index contributed by atoms with van der Waals surface area (Å²) in [6.45, 7) is 1.97. The minimum atomic E-state index is -3.42. The van der Waals surface area contributed by atoms with E-state index in [1.165, 1.54) is 0 Å². The number of sulfone groups is 1. The molecule has 0 spiro atoms. The van der Waals surface area contributed by atoms with Crippen molar-refractivity contribution in [2.45, 2.75) is 17.4 Å². The molecule has 146 valence electrons. The number of amides is 1. The van der Waals surface area contributed by atoms with Crippen LogP contribution >= 0.6 is 0 Å². The Kier molecular flexibility index (Phi) is 9.25. The number of nitrogens with zero attached hydrogens (tertiary/aromatic N) is 2. The number of likely N-dealkylation sites (N-methyl/N-ethyl adjacent to an activating group) is 1. The van der Waals surface area contributed by atoms with E-state index in [9.17, 15) is 13.2 Å². The number of rotatable bonds is 6. The molecule has 0 saturated carbocycles. The van der Waals surface area contributed by atoms with E-state index in [0.717, 1.165) is 0 Å². The van der Waals surface area contributed by atoms with Gasteiger partial charge in [-0.25, -0.2) is 8.42 Å². The highest BCUT2D eigenvalue weighted by Gasteiger charge is 2.28. The number of carboxylic acid groups (broad SMARTS) is 1. The number of morpholine rings is 1. The highest BCUT2D eigenvalue weighted by atomic mass is 32.2. The summed E-state index contributed by atoms with van der Waals surface area (Å²) in [5.41, 5.74) is 0. The third-order valence-electron chi connectivity index (χ3n) is 3.81. The van der Waals surface area contributed by atoms with Crippen LogP contribution in [0, 0.1) is 0 Å². The van der Waals surface area contributed by atoms with Crippen molar-refractivity contribution < 1.29 is 27.9 Å². The van der Waals surface area contributed by atoms with E-state index in [0.29, 0.717) is 26.3 Å². The van der Waals surface area contributed by atoms with Crippen LogP contribution in [-0.4, -0.2) is 87.9 Å². The van der Waals surface area contributed by atoms with E-state index < -0.39 is 9.84 Å². The molecule has 0 aliphatic carbocycles. The van der Waals surface area contributed by atoms with Gasteiger partial charge in [0.05, 0.1) is 29.9 Å². The Morgan fingerprint density at radius 1 is 1.35 bits per heavy atom. The van der Waals surface area contributed by atoms with Gasteiger partial charge in [0.1, 0.15) is 0 Å². The predicted molar refractivity (Wildman–Crippen MR) is 96.7 cm³/mol. The van der Waals surface area contributed by atoms with E-state index >= 15 is 0 Å². The molecule has 1 saturated heterocycles. The quantitative estimate of drug-likeness (QED) is 0.703. The van der Waals surface area contributed by atoms with E-state index in [1.54, 1.807) is 35.2 Å². The van der Waals surface area contributed by atoms with Gasteiger partial charge < -0.3 is 19.6 Å². The van der Waals surface area contributed by atoms with Gasteiger partial charge in [-0.15, -0.1) is 0 Å². The van der Waals surface area contributed by atoms with Crippen LogP contribution in [0.5, 0.6) is 0 Å². The molecule has 1 heterocycles. The number of benzene rings is 1. The van der Waals surface area contributed by atoms with Crippen molar-refractivity contribution in [3.05, 3.63) is 30.3 Å². The molecule has 1 amide bonds. The monoisotopic (exact) mass is 386 g/mol. The Morgan fingerprint density at radius 2 is 1.96 bits per heavy atom. The number of ether oxygens (including phenoxy) is 1. The number of hydrogen-bond acceptors (Lipinski definition) is 6. The first-order valence-electron chi connectivity index (χ1n) is 8.19. The largest absolute Gasteiger partial charge is 0.483 e. The van der Waals surface area contributed by atoms with Crippen LogP contribution in [-0.2, 0) is 24.2 Å². The molecule has 1 aromatic carbocycles. The van der Waals surface area contributed by atoms with Gasteiger partial charge in [0.25, 0.3) is 6.47 Å². The molecule has 1 fully saturated rings. The zero-order valence-electron chi connectivity index (χ0n) is 15.1. The Hall–Kier alpha value is -1.97. The van der Waals surface area contributed by atoms with Crippen molar-refractivity contribution in [1.29, 1.82) is 0 Å². The average molecular weight is 386 g/mol. The molecule has 0 bridgehead atoms. The maximum absolute atomic E-state index is 12.5. The highest BCUT2D eigenvalue weighted by molar-refractivity contribution is 7.91. The first-order chi connectivity index (χ1) is 12.3. The van der Waals surface area contributed by atoms with Gasteiger partial charge in [-0.2, -0.15) is 0 Å². The normalized spacial score (nSPS) is 17.3. The smallest absolute Gasteiger partial charge is 0.290 e. The number of hydrogen-bond donors (Lipinski definition) is 1. The topological polar surface area (TPSA) is 104 Å². The van der Waals surface area contributed by atoms with Crippen LogP contribution in [0.3, 0.4) is 0 Å². The molecule has 1 unspecified atom stereocenters. The Morgan fingerprint density at radius 3 is 2.54 bits per heavy atom. The Labute approximate surface area is 154 Å². The van der Waals surface area contributed by atoms with Crippen LogP contribution in [0.25, 0.3) is 0 Å². The minimum absolute atomic E-state index is 0.00115. The van der Waals surface area contributed by atoms with Gasteiger partial charge in [-0.1, -0.05) is 18.2 Å². The number of carbonyl (C=O) groups excluding carboxylic acids is 1. The molecule has 26 heavy (non-hydrogen) atoms. The van der Waals surface area contributed by atoms with Crippen LogP contribution in [0.2, 0.25) is 0 Å². The molecule has 9 heteroatoms. The van der Waals surface area contributed by atoms with Gasteiger partial charge in [-0.05, 0) is 26.2 Å². The Bertz CT molecular complexity index is 663. The van der Waals surface area contributed by atoms with Crippen LogP contribution < -0.4 is 0 Å². The van der Waals surface area contributed by atoms with Crippen LogP contribution in [0.1, 0.15) is 6.42 Å². The van der Waals surface area contributed by atoms with E-state index in [4.69, 9.17) is 14.6 Å². The SMILES string of the molecule is CN(C)CC1COCCN1C(=O)CCS(=O)(=O)c1ccccc1.O=CO. The summed E-state index contributed by atoms with van der Waals surface area (Å²) in [5.74, 6) is -0.290. The second-order valence-electron chi connectivity index (χ2n) is 6.07. The lowest BCUT2D eigenvalue weighted by atomic mass is 10.2. The fraction of sp³-hybridized carbons (Fsp3) is 0.529. The molecule has 0 radical (unpaired) electrons. The summed E-state index contributed by atoms with van der Waals surface area (Å²) in [6, 6.07) is 8.23. The molecule has 1 aromatic rings. The van der Waals surface area contributed by atoms with Crippen LogP contribution in [0.4, 0.5) is 0 Å². The van der Waals surface area contributed by atoms with Gasteiger partial charge in [0.2, 0.25) is 5.91 Å². The summed E-state index contributed by atoms with van der Waals surface area (Å²) < 4.78 is 30.0. The third kappa shape index (κ3) is 7.11. The van der Waals surface area contributed by atoms with Gasteiger partial charge >= 0.3 is 0 Å². The van der Waals surface area contributed by atoms with Crippen molar-refractivity contribution in [3.63, 3.8) is 0 Å². The van der Waals surface area contributed by atoms with Crippen molar-refractivity contribution in [2.75, 3.05) is 46.2 Å². The molecule has 2 rings (SSSR count). The fourth-order valence-electron chi connectivity index (χ4n) is 2.67. The second-order valence-corrected chi connectivity index (χ2v) is 8.17. The lowest BCUT2D eigenvalue weighted by Gasteiger charge is -2.37. The van der Waals surface area contributed by atoms with Crippen molar-refractivity contribution in [1.82, 2.24) is 9.80 Å². The first kappa shape index (κ1) is 22.1. The van der Waals surface area contributed by atoms with E-state index in [1.807, 2.05) is 19.0 Å². The summed E-state index contributed by atoms with van der Waals surface area (Å²) in [4.78, 5) is 24.8. The Balaban J connectivity index is 0.00000105. The van der Waals surface area contributed by atoms with Crippen molar-refractivity contribution >= 4 is 22.2 Å². The predicted octanol–water partition coefficient (Wildman–Crippen LogP) is 0.340. The minimum Gasteiger partial charge on any atom is -0.483 e. The summed E-state index contributed by atoms with van der Waals surface area (Å²) in [5, 5.41) is 6.89. The van der Waals surface area contributed by atoms with E-state index in [-0.39, 0.29) is 35.5 Å². The molecule has 0 aromatic heterocycles. The van der Waals surface area contributed by atoms with Crippen molar-refractivity contribution in [3.8, 4) is 0 Å². The zero-order chi connectivity index (χ0) is 19.6. The molecular formula is C17H26N2O6S. The third-order valence-corrected chi connectivity index (χ3v) is 5.54. The molecule has 8 nitrogen and oxygen atoms in total. The van der Waals surface area contributed by atoms with Gasteiger partial charge in [0.15, 0.2) is 9.84 Å². The summed E-state index contributed by atoms with van der Waals surface area (Å²) >= 11 is 0. The standard InChI is InChI=1S/C16H24N2O4S.CH2O2/c1-17(2)12-14-13-22-10-9-18(14)16(19)8-11-23(20,21)15-6-4-3-5-7-15;2-1-3/h3-7,14H,8-13H2,1-2H3;1H,(H,2,3). The summed E-state index contributed by atoms with van der Waals surface area (Å²) in [6.07, 6.45) is 0.00115. The van der Waals surface area contributed by atoms with E-state index in [2.05, 4.69) is 0 Å².